The van der Waals surface area contributed by atoms with Gasteiger partial charge in [0.2, 0.25) is 5.91 Å². The van der Waals surface area contributed by atoms with E-state index in [-0.39, 0.29) is 5.92 Å². The molecule has 2 rings (SSSR count). The summed E-state index contributed by atoms with van der Waals surface area (Å²) in [7, 11) is 0. The van der Waals surface area contributed by atoms with Crippen LogP contribution in [0.5, 0.6) is 0 Å². The Kier molecular flexibility index (Phi) is 8.25. The number of carbonyl (C=O) groups excluding carboxylic acids is 1. The summed E-state index contributed by atoms with van der Waals surface area (Å²) in [5.41, 5.74) is 0.465. The van der Waals surface area contributed by atoms with Gasteiger partial charge in [-0.05, 0) is 51.2 Å². The lowest BCUT2D eigenvalue weighted by Gasteiger charge is -2.54. The first-order valence-corrected chi connectivity index (χ1v) is 11.0. The number of unbranched alkanes of at least 4 members (excludes halogenated alkanes) is 1. The molecule has 2 heterocycles. The summed E-state index contributed by atoms with van der Waals surface area (Å²) in [4.78, 5) is 16.8. The van der Waals surface area contributed by atoms with Gasteiger partial charge in [-0.15, -0.1) is 0 Å². The van der Waals surface area contributed by atoms with E-state index in [0.29, 0.717) is 11.3 Å². The molecule has 3 heteroatoms. The molecule has 0 aromatic carbocycles. The molecule has 3 nitrogen and oxygen atoms in total. The van der Waals surface area contributed by atoms with Gasteiger partial charge in [0.05, 0.1) is 0 Å². The maximum atomic E-state index is 12.1. The molecule has 1 amide bonds. The fraction of sp³-hybridized carbons (Fsp3) is 0.955. The lowest BCUT2D eigenvalue weighted by atomic mass is 9.71. The van der Waals surface area contributed by atoms with E-state index in [0.717, 1.165) is 19.0 Å². The molecule has 0 bridgehead atoms. The van der Waals surface area contributed by atoms with Gasteiger partial charge in [0.15, 0.2) is 0 Å². The van der Waals surface area contributed by atoms with Gasteiger partial charge >= 0.3 is 0 Å². The molecule has 146 valence electrons. The number of nitrogens with zero attached hydrogens (tertiary/aromatic N) is 2. The molecule has 1 unspecified atom stereocenters. The highest BCUT2D eigenvalue weighted by Crippen LogP contribution is 2.41. The third-order valence-electron chi connectivity index (χ3n) is 6.52. The van der Waals surface area contributed by atoms with Crippen molar-refractivity contribution in [2.24, 2.45) is 17.3 Å². The topological polar surface area (TPSA) is 23.6 Å². The highest BCUT2D eigenvalue weighted by Gasteiger charge is 2.46. The van der Waals surface area contributed by atoms with E-state index in [2.05, 4.69) is 23.6 Å². The minimum absolute atomic E-state index is 0.154. The number of likely N-dealkylation sites (tertiary alicyclic amines) is 2. The van der Waals surface area contributed by atoms with Crippen molar-refractivity contribution >= 4 is 5.91 Å². The molecule has 2 fully saturated rings. The quantitative estimate of drug-likeness (QED) is 0.556. The number of amides is 1. The molecule has 0 aromatic heterocycles. The first kappa shape index (κ1) is 20.7. The van der Waals surface area contributed by atoms with Gasteiger partial charge in [-0.2, -0.15) is 0 Å². The summed E-state index contributed by atoms with van der Waals surface area (Å²) in [5.74, 6) is 1.46. The van der Waals surface area contributed by atoms with Crippen LogP contribution < -0.4 is 0 Å². The second kappa shape index (κ2) is 9.94. The normalized spacial score (nSPS) is 21.6. The van der Waals surface area contributed by atoms with Crippen molar-refractivity contribution in [1.82, 2.24) is 9.80 Å². The molecule has 0 N–H and O–H groups in total. The highest BCUT2D eigenvalue weighted by molar-refractivity contribution is 5.79. The summed E-state index contributed by atoms with van der Waals surface area (Å²) in [6.45, 7) is 14.5. The van der Waals surface area contributed by atoms with E-state index in [1.165, 1.54) is 77.4 Å². The predicted octanol–water partition coefficient (Wildman–Crippen LogP) is 4.95. The second-order valence-corrected chi connectivity index (χ2v) is 9.13. The summed E-state index contributed by atoms with van der Waals surface area (Å²) >= 11 is 0. The zero-order chi connectivity index (χ0) is 18.3. The predicted molar refractivity (Wildman–Crippen MR) is 107 cm³/mol. The molecular formula is C22H42N2O. The first-order valence-electron chi connectivity index (χ1n) is 11.0. The molecule has 2 aliphatic rings. The Morgan fingerprint density at radius 1 is 0.960 bits per heavy atom. The van der Waals surface area contributed by atoms with E-state index in [1.54, 1.807) is 0 Å². The van der Waals surface area contributed by atoms with Crippen LogP contribution in [0.15, 0.2) is 0 Å². The lowest BCUT2D eigenvalue weighted by molar-refractivity contribution is -0.150. The number of rotatable bonds is 10. The van der Waals surface area contributed by atoms with Crippen LogP contribution in [-0.4, -0.2) is 48.4 Å². The molecule has 1 spiro atoms. The van der Waals surface area contributed by atoms with Crippen molar-refractivity contribution in [2.45, 2.75) is 85.5 Å². The minimum Gasteiger partial charge on any atom is -0.341 e. The number of carbonyl (C=O) groups is 1. The van der Waals surface area contributed by atoms with Gasteiger partial charge in [-0.3, -0.25) is 4.79 Å². The summed E-state index contributed by atoms with van der Waals surface area (Å²) < 4.78 is 0. The lowest BCUT2D eigenvalue weighted by Crippen LogP contribution is -2.62. The molecule has 0 radical (unpaired) electrons. The van der Waals surface area contributed by atoms with Gasteiger partial charge in [-0.25, -0.2) is 0 Å². The summed E-state index contributed by atoms with van der Waals surface area (Å²) in [6, 6.07) is 0. The van der Waals surface area contributed by atoms with E-state index in [4.69, 9.17) is 0 Å². The van der Waals surface area contributed by atoms with Gasteiger partial charge in [0, 0.05) is 24.4 Å². The SMILES string of the molecule is CCCCC(CCC)CCCN1CCC2(CC1)CN(C(=O)C(C)C)C2. The fourth-order valence-electron chi connectivity index (χ4n) is 4.79. The third kappa shape index (κ3) is 5.98. The molecule has 0 aromatic rings. The zero-order valence-electron chi connectivity index (χ0n) is 17.4. The molecule has 0 aliphatic carbocycles. The van der Waals surface area contributed by atoms with Crippen molar-refractivity contribution in [1.29, 1.82) is 0 Å². The largest absolute Gasteiger partial charge is 0.341 e. The fourth-order valence-corrected chi connectivity index (χ4v) is 4.79. The van der Waals surface area contributed by atoms with Crippen molar-refractivity contribution in [3.63, 3.8) is 0 Å². The molecule has 2 aliphatic heterocycles. The van der Waals surface area contributed by atoms with Crippen LogP contribution in [0.1, 0.15) is 85.5 Å². The van der Waals surface area contributed by atoms with Crippen molar-refractivity contribution in [2.75, 3.05) is 32.7 Å². The third-order valence-corrected chi connectivity index (χ3v) is 6.52. The number of hydrogen-bond donors (Lipinski definition) is 0. The van der Waals surface area contributed by atoms with E-state index in [9.17, 15) is 4.79 Å². The zero-order valence-corrected chi connectivity index (χ0v) is 17.4. The van der Waals surface area contributed by atoms with Crippen LogP contribution in [0.25, 0.3) is 0 Å². The van der Waals surface area contributed by atoms with Crippen LogP contribution in [0.2, 0.25) is 0 Å². The van der Waals surface area contributed by atoms with E-state index < -0.39 is 0 Å². The van der Waals surface area contributed by atoms with Gasteiger partial charge in [0.1, 0.15) is 0 Å². The van der Waals surface area contributed by atoms with Crippen molar-refractivity contribution in [3.8, 4) is 0 Å². The average molecular weight is 351 g/mol. The van der Waals surface area contributed by atoms with E-state index >= 15 is 0 Å². The Hall–Kier alpha value is -0.570. The summed E-state index contributed by atoms with van der Waals surface area (Å²) in [6.07, 6.45) is 12.3. The first-order chi connectivity index (χ1) is 12.0. The molecule has 1 atom stereocenters. The maximum Gasteiger partial charge on any atom is 0.225 e. The minimum atomic E-state index is 0.154. The highest BCUT2D eigenvalue weighted by atomic mass is 16.2. The maximum absolute atomic E-state index is 12.1. The van der Waals surface area contributed by atoms with E-state index in [1.807, 2.05) is 13.8 Å². The van der Waals surface area contributed by atoms with Crippen LogP contribution >= 0.6 is 0 Å². The smallest absolute Gasteiger partial charge is 0.225 e. The molecular weight excluding hydrogens is 308 g/mol. The van der Waals surface area contributed by atoms with Gasteiger partial charge < -0.3 is 9.80 Å². The van der Waals surface area contributed by atoms with Crippen molar-refractivity contribution in [3.05, 3.63) is 0 Å². The van der Waals surface area contributed by atoms with Gasteiger partial charge in [-0.1, -0.05) is 59.8 Å². The Bertz CT molecular complexity index is 391. The molecule has 25 heavy (non-hydrogen) atoms. The number of piperidine rings is 1. The monoisotopic (exact) mass is 350 g/mol. The number of hydrogen-bond acceptors (Lipinski definition) is 2. The summed E-state index contributed by atoms with van der Waals surface area (Å²) in [5, 5.41) is 0. The van der Waals surface area contributed by atoms with Crippen LogP contribution in [-0.2, 0) is 4.79 Å². The Balaban J connectivity index is 1.62. The van der Waals surface area contributed by atoms with Gasteiger partial charge in [0.25, 0.3) is 0 Å². The Morgan fingerprint density at radius 2 is 1.60 bits per heavy atom. The van der Waals surface area contributed by atoms with Crippen LogP contribution in [0, 0.1) is 17.3 Å². The molecule has 2 saturated heterocycles. The van der Waals surface area contributed by atoms with Crippen LogP contribution in [0.4, 0.5) is 0 Å². The average Bonchev–Trinajstić information content (AvgIpc) is 2.57. The Labute approximate surface area is 156 Å². The standard InChI is InChI=1S/C22H42N2O/c1-5-7-10-20(9-6-2)11-8-14-23-15-12-22(13-16-23)17-24(18-22)21(25)19(3)4/h19-20H,5-18H2,1-4H3. The Morgan fingerprint density at radius 3 is 2.16 bits per heavy atom. The molecule has 0 saturated carbocycles. The van der Waals surface area contributed by atoms with Crippen molar-refractivity contribution < 1.29 is 4.79 Å². The second-order valence-electron chi connectivity index (χ2n) is 9.13. The van der Waals surface area contributed by atoms with Crippen LogP contribution in [0.3, 0.4) is 0 Å².